The Morgan fingerprint density at radius 3 is 2.76 bits per heavy atom. The lowest BCUT2D eigenvalue weighted by Crippen LogP contribution is -1.98. The molecule has 0 aliphatic carbocycles. The molecule has 0 spiro atoms. The minimum Gasteiger partial charge on any atom is -0.478 e. The van der Waals surface area contributed by atoms with Gasteiger partial charge in [-0.1, -0.05) is 32.0 Å². The zero-order chi connectivity index (χ0) is 12.7. The summed E-state index contributed by atoms with van der Waals surface area (Å²) < 4.78 is 5.29. The SMILES string of the molecule is CC(C)C(C=O)=Cc1ccccc1OCC#N. The number of ether oxygens (including phenoxy) is 1. The molecule has 3 heteroatoms. The fourth-order valence-corrected chi connectivity index (χ4v) is 1.36. The Hall–Kier alpha value is -2.08. The number of benzene rings is 1. The maximum Gasteiger partial charge on any atom is 0.174 e. The van der Waals surface area contributed by atoms with E-state index in [1.54, 1.807) is 12.1 Å². The van der Waals surface area contributed by atoms with Gasteiger partial charge in [0.2, 0.25) is 0 Å². The number of aldehydes is 1. The summed E-state index contributed by atoms with van der Waals surface area (Å²) in [7, 11) is 0. The highest BCUT2D eigenvalue weighted by atomic mass is 16.5. The molecule has 0 unspecified atom stereocenters. The number of rotatable bonds is 5. The van der Waals surface area contributed by atoms with Gasteiger partial charge in [-0.3, -0.25) is 4.79 Å². The normalized spacial score (nSPS) is 11.1. The van der Waals surface area contributed by atoms with Crippen molar-refractivity contribution in [3.63, 3.8) is 0 Å². The number of hydrogen-bond donors (Lipinski definition) is 0. The lowest BCUT2D eigenvalue weighted by Gasteiger charge is -2.08. The summed E-state index contributed by atoms with van der Waals surface area (Å²) in [5.74, 6) is 0.783. The number of para-hydroxylation sites is 1. The molecule has 0 saturated heterocycles. The van der Waals surface area contributed by atoms with Gasteiger partial charge in [0.15, 0.2) is 6.61 Å². The minimum absolute atomic E-state index is 0.00293. The molecule has 17 heavy (non-hydrogen) atoms. The van der Waals surface area contributed by atoms with Gasteiger partial charge in [0.1, 0.15) is 18.1 Å². The second kappa shape index (κ2) is 6.49. The van der Waals surface area contributed by atoms with Crippen molar-refractivity contribution in [2.45, 2.75) is 13.8 Å². The molecule has 3 nitrogen and oxygen atoms in total. The topological polar surface area (TPSA) is 50.1 Å². The van der Waals surface area contributed by atoms with Crippen LogP contribution in [0.2, 0.25) is 0 Å². The molecule has 1 aromatic rings. The molecule has 0 aliphatic heterocycles. The minimum atomic E-state index is 0.00293. The molecule has 0 aromatic heterocycles. The average molecular weight is 229 g/mol. The number of carbonyl (C=O) groups is 1. The quantitative estimate of drug-likeness (QED) is 0.576. The van der Waals surface area contributed by atoms with Crippen LogP contribution < -0.4 is 4.74 Å². The van der Waals surface area contributed by atoms with Crippen LogP contribution in [0.15, 0.2) is 29.8 Å². The summed E-state index contributed by atoms with van der Waals surface area (Å²) >= 11 is 0. The molecule has 0 atom stereocenters. The molecule has 0 fully saturated rings. The summed E-state index contributed by atoms with van der Waals surface area (Å²) in [6, 6.07) is 9.27. The van der Waals surface area contributed by atoms with Crippen molar-refractivity contribution in [2.24, 2.45) is 5.92 Å². The van der Waals surface area contributed by atoms with Gasteiger partial charge in [-0.25, -0.2) is 0 Å². The maximum atomic E-state index is 10.9. The van der Waals surface area contributed by atoms with E-state index >= 15 is 0 Å². The van der Waals surface area contributed by atoms with Gasteiger partial charge in [-0.05, 0) is 23.6 Å². The fourth-order valence-electron chi connectivity index (χ4n) is 1.36. The molecule has 1 rings (SSSR count). The molecule has 88 valence electrons. The Morgan fingerprint density at radius 1 is 1.47 bits per heavy atom. The summed E-state index contributed by atoms with van der Waals surface area (Å²) in [5, 5.41) is 8.49. The molecule has 0 amide bonds. The predicted molar refractivity (Wildman–Crippen MR) is 66.4 cm³/mol. The van der Waals surface area contributed by atoms with Crippen LogP contribution in [0.1, 0.15) is 19.4 Å². The Balaban J connectivity index is 3.05. The van der Waals surface area contributed by atoms with E-state index in [0.717, 1.165) is 11.8 Å². The summed E-state index contributed by atoms with van der Waals surface area (Å²) in [6.45, 7) is 3.92. The van der Waals surface area contributed by atoms with E-state index in [0.29, 0.717) is 11.3 Å². The highest BCUT2D eigenvalue weighted by molar-refractivity contribution is 5.83. The molecular weight excluding hydrogens is 214 g/mol. The maximum absolute atomic E-state index is 10.9. The number of nitriles is 1. The van der Waals surface area contributed by atoms with E-state index in [4.69, 9.17) is 10.00 Å². The average Bonchev–Trinajstić information content (AvgIpc) is 2.34. The first kappa shape index (κ1) is 13.0. The van der Waals surface area contributed by atoms with Gasteiger partial charge in [-0.15, -0.1) is 0 Å². The van der Waals surface area contributed by atoms with Crippen molar-refractivity contribution in [2.75, 3.05) is 6.61 Å². The van der Waals surface area contributed by atoms with Crippen LogP contribution in [-0.2, 0) is 4.79 Å². The van der Waals surface area contributed by atoms with E-state index in [-0.39, 0.29) is 12.5 Å². The lowest BCUT2D eigenvalue weighted by molar-refractivity contribution is -0.105. The molecule has 0 aliphatic rings. The van der Waals surface area contributed by atoms with Gasteiger partial charge in [0.05, 0.1) is 0 Å². The molecule has 0 bridgehead atoms. The van der Waals surface area contributed by atoms with Gasteiger partial charge >= 0.3 is 0 Å². The van der Waals surface area contributed by atoms with E-state index in [1.165, 1.54) is 0 Å². The highest BCUT2D eigenvalue weighted by Gasteiger charge is 2.05. The molecular formula is C14H15NO2. The fraction of sp³-hybridized carbons (Fsp3) is 0.286. The molecule has 1 aromatic carbocycles. The lowest BCUT2D eigenvalue weighted by atomic mass is 10.0. The Kier molecular flexibility index (Phi) is 4.96. The Labute approximate surface area is 101 Å². The third kappa shape index (κ3) is 3.76. The number of carbonyl (C=O) groups excluding carboxylic acids is 1. The molecule has 0 N–H and O–H groups in total. The first-order valence-corrected chi connectivity index (χ1v) is 5.44. The summed E-state index contributed by atoms with van der Waals surface area (Å²) in [4.78, 5) is 10.9. The smallest absolute Gasteiger partial charge is 0.174 e. The number of hydrogen-bond acceptors (Lipinski definition) is 3. The Bertz CT molecular complexity index is 456. The van der Waals surface area contributed by atoms with Crippen LogP contribution in [0, 0.1) is 17.2 Å². The van der Waals surface area contributed by atoms with Crippen molar-refractivity contribution >= 4 is 12.4 Å². The zero-order valence-corrected chi connectivity index (χ0v) is 10.0. The van der Waals surface area contributed by atoms with Crippen molar-refractivity contribution in [1.82, 2.24) is 0 Å². The van der Waals surface area contributed by atoms with Crippen LogP contribution in [0.5, 0.6) is 5.75 Å². The van der Waals surface area contributed by atoms with E-state index in [1.807, 2.05) is 38.1 Å². The Morgan fingerprint density at radius 2 is 2.18 bits per heavy atom. The van der Waals surface area contributed by atoms with Crippen molar-refractivity contribution in [3.8, 4) is 11.8 Å². The second-order valence-corrected chi connectivity index (χ2v) is 3.90. The van der Waals surface area contributed by atoms with Crippen molar-refractivity contribution in [1.29, 1.82) is 5.26 Å². The third-order valence-electron chi connectivity index (χ3n) is 2.34. The van der Waals surface area contributed by atoms with Gasteiger partial charge < -0.3 is 4.74 Å². The van der Waals surface area contributed by atoms with Crippen LogP contribution in [0.25, 0.3) is 6.08 Å². The third-order valence-corrected chi connectivity index (χ3v) is 2.34. The zero-order valence-electron chi connectivity index (χ0n) is 10.0. The first-order chi connectivity index (χ1) is 8.19. The van der Waals surface area contributed by atoms with Crippen molar-refractivity contribution < 1.29 is 9.53 Å². The largest absolute Gasteiger partial charge is 0.478 e. The van der Waals surface area contributed by atoms with Crippen LogP contribution >= 0.6 is 0 Å². The molecule has 0 heterocycles. The first-order valence-electron chi connectivity index (χ1n) is 5.44. The van der Waals surface area contributed by atoms with Gasteiger partial charge in [0, 0.05) is 5.56 Å². The molecule has 0 radical (unpaired) electrons. The van der Waals surface area contributed by atoms with Crippen molar-refractivity contribution in [3.05, 3.63) is 35.4 Å². The van der Waals surface area contributed by atoms with Crippen LogP contribution in [-0.4, -0.2) is 12.9 Å². The predicted octanol–water partition coefficient (Wildman–Crippen LogP) is 2.83. The van der Waals surface area contributed by atoms with E-state index in [9.17, 15) is 4.79 Å². The highest BCUT2D eigenvalue weighted by Crippen LogP contribution is 2.22. The standard InChI is InChI=1S/C14H15NO2/c1-11(2)13(10-16)9-12-5-3-4-6-14(12)17-8-7-15/h3-6,9-11H,8H2,1-2H3. The van der Waals surface area contributed by atoms with Gasteiger partial charge in [-0.2, -0.15) is 5.26 Å². The van der Waals surface area contributed by atoms with Gasteiger partial charge in [0.25, 0.3) is 0 Å². The molecule has 0 saturated carbocycles. The summed E-state index contributed by atoms with van der Waals surface area (Å²) in [5.41, 5.74) is 1.52. The summed E-state index contributed by atoms with van der Waals surface area (Å²) in [6.07, 6.45) is 2.65. The van der Waals surface area contributed by atoms with E-state index in [2.05, 4.69) is 0 Å². The second-order valence-electron chi connectivity index (χ2n) is 3.90. The number of nitrogens with zero attached hydrogens (tertiary/aromatic N) is 1. The number of allylic oxidation sites excluding steroid dienone is 1. The monoisotopic (exact) mass is 229 g/mol. The van der Waals surface area contributed by atoms with Crippen LogP contribution in [0.4, 0.5) is 0 Å². The van der Waals surface area contributed by atoms with Crippen LogP contribution in [0.3, 0.4) is 0 Å². The van der Waals surface area contributed by atoms with E-state index < -0.39 is 0 Å².